The van der Waals surface area contributed by atoms with E-state index in [0.717, 1.165) is 25.7 Å². The number of ether oxygens (including phenoxy) is 1. The number of hydrogen-bond acceptors (Lipinski definition) is 4. The zero-order valence-electron chi connectivity index (χ0n) is 11.2. The molecule has 8 heteroatoms. The maximum absolute atomic E-state index is 11.9. The lowest BCUT2D eigenvalue weighted by Gasteiger charge is -2.29. The van der Waals surface area contributed by atoms with Crippen molar-refractivity contribution in [3.63, 3.8) is 0 Å². The van der Waals surface area contributed by atoms with Gasteiger partial charge in [0.15, 0.2) is 0 Å². The Morgan fingerprint density at radius 3 is 2.58 bits per heavy atom. The molecule has 0 amide bonds. The molecule has 0 saturated heterocycles. The predicted molar refractivity (Wildman–Crippen MR) is 79.1 cm³/mol. The fourth-order valence-corrected chi connectivity index (χ4v) is 3.76. The molecule has 4 N–H and O–H groups in total. The second kappa shape index (κ2) is 8.11. The van der Waals surface area contributed by atoms with Crippen molar-refractivity contribution in [1.82, 2.24) is 9.44 Å². The van der Waals surface area contributed by atoms with Crippen LogP contribution in [0, 0.1) is 5.92 Å². The summed E-state index contributed by atoms with van der Waals surface area (Å²) in [4.78, 5) is 0.212. The van der Waals surface area contributed by atoms with Crippen LogP contribution in [-0.4, -0.2) is 39.7 Å². The van der Waals surface area contributed by atoms with Gasteiger partial charge in [0.25, 0.3) is 10.2 Å². The Morgan fingerprint density at radius 2 is 2.05 bits per heavy atom. The van der Waals surface area contributed by atoms with Crippen molar-refractivity contribution >= 4 is 27.4 Å². The molecule has 19 heavy (non-hydrogen) atoms. The summed E-state index contributed by atoms with van der Waals surface area (Å²) in [6.45, 7) is 0.544. The Bertz CT molecular complexity index is 381. The third-order valence-electron chi connectivity index (χ3n) is 3.31. The molecular formula is C11H23N3O3S2. The van der Waals surface area contributed by atoms with Crippen molar-refractivity contribution in [2.75, 3.05) is 20.3 Å². The average molecular weight is 309 g/mol. The van der Waals surface area contributed by atoms with Gasteiger partial charge in [0.05, 0.1) is 17.6 Å². The predicted octanol–water partition coefficient (Wildman–Crippen LogP) is 0.292. The van der Waals surface area contributed by atoms with Crippen molar-refractivity contribution in [3.8, 4) is 0 Å². The SMILES string of the molecule is COCCNS(=O)(=O)NC(C(N)=S)C1CCCCC1. The van der Waals surface area contributed by atoms with E-state index >= 15 is 0 Å². The van der Waals surface area contributed by atoms with Gasteiger partial charge in [-0.15, -0.1) is 0 Å². The molecule has 1 saturated carbocycles. The zero-order valence-corrected chi connectivity index (χ0v) is 12.9. The average Bonchev–Trinajstić information content (AvgIpc) is 2.37. The van der Waals surface area contributed by atoms with Gasteiger partial charge in [-0.25, -0.2) is 0 Å². The van der Waals surface area contributed by atoms with Crippen LogP contribution < -0.4 is 15.2 Å². The molecule has 1 rings (SSSR count). The van der Waals surface area contributed by atoms with Crippen LogP contribution in [0.25, 0.3) is 0 Å². The van der Waals surface area contributed by atoms with E-state index in [-0.39, 0.29) is 17.5 Å². The molecular weight excluding hydrogens is 286 g/mol. The maximum Gasteiger partial charge on any atom is 0.277 e. The Labute approximate surface area is 120 Å². The summed E-state index contributed by atoms with van der Waals surface area (Å²) < 4.78 is 33.5. The van der Waals surface area contributed by atoms with Gasteiger partial charge in [-0.2, -0.15) is 17.9 Å². The van der Waals surface area contributed by atoms with Crippen LogP contribution in [0.4, 0.5) is 0 Å². The number of nitrogens with two attached hydrogens (primary N) is 1. The van der Waals surface area contributed by atoms with Crippen LogP contribution in [-0.2, 0) is 14.9 Å². The van der Waals surface area contributed by atoms with E-state index in [0.29, 0.717) is 6.61 Å². The summed E-state index contributed by atoms with van der Waals surface area (Å²) in [6.07, 6.45) is 5.32. The van der Waals surface area contributed by atoms with Crippen LogP contribution in [0.3, 0.4) is 0 Å². The quantitative estimate of drug-likeness (QED) is 0.443. The van der Waals surface area contributed by atoms with Crippen molar-refractivity contribution < 1.29 is 13.2 Å². The third-order valence-corrected chi connectivity index (χ3v) is 4.71. The van der Waals surface area contributed by atoms with Crippen LogP contribution in [0.15, 0.2) is 0 Å². The summed E-state index contributed by atoms with van der Waals surface area (Å²) in [5.74, 6) is 0.199. The molecule has 0 bridgehead atoms. The second-order valence-corrected chi connectivity index (χ2v) is 6.79. The largest absolute Gasteiger partial charge is 0.392 e. The summed E-state index contributed by atoms with van der Waals surface area (Å²) in [7, 11) is -2.08. The minimum Gasteiger partial charge on any atom is -0.392 e. The number of rotatable bonds is 8. The lowest BCUT2D eigenvalue weighted by Crippen LogP contribution is -2.52. The first-order valence-electron chi connectivity index (χ1n) is 6.51. The van der Waals surface area contributed by atoms with Crippen LogP contribution in [0.5, 0.6) is 0 Å². The topological polar surface area (TPSA) is 93.4 Å². The third kappa shape index (κ3) is 6.13. The molecule has 1 atom stereocenters. The molecule has 0 aliphatic heterocycles. The molecule has 0 heterocycles. The first-order chi connectivity index (χ1) is 8.96. The number of methoxy groups -OCH3 is 1. The summed E-state index contributed by atoms with van der Waals surface area (Å²) in [6, 6.07) is -0.463. The maximum atomic E-state index is 11.9. The van der Waals surface area contributed by atoms with Crippen LogP contribution in [0.1, 0.15) is 32.1 Å². The highest BCUT2D eigenvalue weighted by atomic mass is 32.2. The Hall–Kier alpha value is -0.280. The molecule has 0 aromatic heterocycles. The zero-order chi connectivity index (χ0) is 14.3. The first-order valence-corrected chi connectivity index (χ1v) is 8.40. The van der Waals surface area contributed by atoms with Crippen molar-refractivity contribution in [3.05, 3.63) is 0 Å². The van der Waals surface area contributed by atoms with E-state index < -0.39 is 16.3 Å². The highest BCUT2D eigenvalue weighted by Gasteiger charge is 2.29. The fourth-order valence-electron chi connectivity index (χ4n) is 2.34. The molecule has 6 nitrogen and oxygen atoms in total. The van der Waals surface area contributed by atoms with E-state index in [9.17, 15) is 8.42 Å². The standard InChI is InChI=1S/C11H23N3O3S2/c1-17-8-7-13-19(15,16)14-10(11(12)18)9-5-3-2-4-6-9/h9-10,13-14H,2-8H2,1H3,(H2,12,18). The van der Waals surface area contributed by atoms with Crippen molar-refractivity contribution in [2.45, 2.75) is 38.1 Å². The number of thiocarbonyl (C=S) groups is 1. The highest BCUT2D eigenvalue weighted by molar-refractivity contribution is 7.87. The number of hydrogen-bond donors (Lipinski definition) is 3. The Balaban J connectivity index is 2.59. The minimum atomic E-state index is -3.59. The van der Waals surface area contributed by atoms with Gasteiger partial charge in [-0.05, 0) is 18.8 Å². The molecule has 1 fully saturated rings. The molecule has 0 aromatic carbocycles. The van der Waals surface area contributed by atoms with Gasteiger partial charge in [0.1, 0.15) is 0 Å². The second-order valence-electron chi connectivity index (χ2n) is 4.79. The smallest absolute Gasteiger partial charge is 0.277 e. The van der Waals surface area contributed by atoms with Gasteiger partial charge in [0, 0.05) is 13.7 Å². The summed E-state index contributed by atoms with van der Waals surface area (Å²) in [5, 5.41) is 0. The van der Waals surface area contributed by atoms with Crippen LogP contribution >= 0.6 is 12.2 Å². The number of nitrogens with one attached hydrogen (secondary N) is 2. The van der Waals surface area contributed by atoms with Gasteiger partial charge >= 0.3 is 0 Å². The molecule has 0 radical (unpaired) electrons. The van der Waals surface area contributed by atoms with Gasteiger partial charge in [-0.3, -0.25) is 0 Å². The normalized spacial score (nSPS) is 19.2. The highest BCUT2D eigenvalue weighted by Crippen LogP contribution is 2.26. The Kier molecular flexibility index (Phi) is 7.16. The monoisotopic (exact) mass is 309 g/mol. The van der Waals surface area contributed by atoms with E-state index in [1.54, 1.807) is 0 Å². The molecule has 1 aliphatic rings. The van der Waals surface area contributed by atoms with Crippen molar-refractivity contribution in [1.29, 1.82) is 0 Å². The van der Waals surface area contributed by atoms with Crippen molar-refractivity contribution in [2.24, 2.45) is 11.7 Å². The molecule has 112 valence electrons. The minimum absolute atomic E-state index is 0.199. The van der Waals surface area contributed by atoms with Crippen LogP contribution in [0.2, 0.25) is 0 Å². The molecule has 0 aromatic rings. The molecule has 1 unspecified atom stereocenters. The van der Waals surface area contributed by atoms with E-state index in [4.69, 9.17) is 22.7 Å². The van der Waals surface area contributed by atoms with E-state index in [1.165, 1.54) is 13.5 Å². The van der Waals surface area contributed by atoms with E-state index in [1.807, 2.05) is 0 Å². The lowest BCUT2D eigenvalue weighted by molar-refractivity contribution is 0.204. The first kappa shape index (κ1) is 16.8. The molecule has 1 aliphatic carbocycles. The fraction of sp³-hybridized carbons (Fsp3) is 0.909. The van der Waals surface area contributed by atoms with Gasteiger partial charge in [0.2, 0.25) is 0 Å². The van der Waals surface area contributed by atoms with Gasteiger partial charge in [-0.1, -0.05) is 31.5 Å². The van der Waals surface area contributed by atoms with Gasteiger partial charge < -0.3 is 10.5 Å². The lowest BCUT2D eigenvalue weighted by atomic mass is 9.84. The molecule has 0 spiro atoms. The summed E-state index contributed by atoms with van der Waals surface area (Å²) >= 11 is 5.00. The summed E-state index contributed by atoms with van der Waals surface area (Å²) in [5.41, 5.74) is 5.68. The Morgan fingerprint density at radius 1 is 1.42 bits per heavy atom. The van der Waals surface area contributed by atoms with E-state index in [2.05, 4.69) is 9.44 Å².